The van der Waals surface area contributed by atoms with Crippen LogP contribution in [0.5, 0.6) is 0 Å². The maximum Gasteiger partial charge on any atom is 0.228 e. The smallest absolute Gasteiger partial charge is 0.228 e. The van der Waals surface area contributed by atoms with E-state index in [0.29, 0.717) is 6.54 Å². The SMILES string of the molecule is Br.Cc1cc(C)c(C(=O)C[n+]2ccccc2)c(C)c1. The molecule has 0 radical (unpaired) electrons. The molecule has 2 rings (SSSR count). The molecule has 0 N–H and O–H groups in total. The van der Waals surface area contributed by atoms with Gasteiger partial charge in [0.1, 0.15) is 0 Å². The van der Waals surface area contributed by atoms with Gasteiger partial charge >= 0.3 is 0 Å². The summed E-state index contributed by atoms with van der Waals surface area (Å²) in [6.07, 6.45) is 3.83. The first-order chi connectivity index (χ1) is 8.58. The number of nitrogens with zero attached hydrogens (tertiary/aromatic N) is 1. The summed E-state index contributed by atoms with van der Waals surface area (Å²) in [5, 5.41) is 0. The average Bonchev–Trinajstić information content (AvgIpc) is 2.28. The van der Waals surface area contributed by atoms with E-state index in [9.17, 15) is 4.79 Å². The van der Waals surface area contributed by atoms with Gasteiger partial charge in [0.05, 0.1) is 0 Å². The van der Waals surface area contributed by atoms with Crippen LogP contribution in [0.1, 0.15) is 27.0 Å². The minimum Gasteiger partial charge on any atom is -0.287 e. The predicted octanol–water partition coefficient (Wildman–Crippen LogP) is 3.36. The standard InChI is InChI=1S/C16H18NO.BrH/c1-12-9-13(2)16(14(3)10-12)15(18)11-17-7-5-4-6-8-17;/h4-10H,11H2,1-3H3;1H/q+1;. The Morgan fingerprint density at radius 2 is 1.53 bits per heavy atom. The van der Waals surface area contributed by atoms with Crippen molar-refractivity contribution in [3.05, 3.63) is 65.0 Å². The summed E-state index contributed by atoms with van der Waals surface area (Å²) < 4.78 is 1.90. The molecule has 0 aliphatic carbocycles. The minimum atomic E-state index is 0. The summed E-state index contributed by atoms with van der Waals surface area (Å²) >= 11 is 0. The second-order valence-electron chi connectivity index (χ2n) is 4.74. The predicted molar refractivity (Wildman–Crippen MR) is 81.9 cm³/mol. The van der Waals surface area contributed by atoms with Gasteiger partial charge in [-0.25, -0.2) is 0 Å². The molecule has 0 unspecified atom stereocenters. The highest BCUT2D eigenvalue weighted by Gasteiger charge is 2.16. The van der Waals surface area contributed by atoms with Crippen molar-refractivity contribution in [2.75, 3.05) is 0 Å². The third-order valence-electron chi connectivity index (χ3n) is 3.06. The van der Waals surface area contributed by atoms with Gasteiger partial charge in [-0.2, -0.15) is 4.57 Å². The molecule has 0 aliphatic rings. The van der Waals surface area contributed by atoms with Gasteiger partial charge in [-0.3, -0.25) is 4.79 Å². The highest BCUT2D eigenvalue weighted by Crippen LogP contribution is 2.16. The third kappa shape index (κ3) is 3.74. The molecule has 19 heavy (non-hydrogen) atoms. The van der Waals surface area contributed by atoms with Crippen molar-refractivity contribution in [3.63, 3.8) is 0 Å². The first-order valence-corrected chi connectivity index (χ1v) is 6.13. The fourth-order valence-electron chi connectivity index (χ4n) is 2.40. The molecule has 1 heterocycles. The van der Waals surface area contributed by atoms with Crippen molar-refractivity contribution in [2.24, 2.45) is 0 Å². The lowest BCUT2D eigenvalue weighted by molar-refractivity contribution is -0.683. The zero-order valence-corrected chi connectivity index (χ0v) is 13.2. The molecule has 0 saturated heterocycles. The number of halogens is 1. The second-order valence-corrected chi connectivity index (χ2v) is 4.74. The van der Waals surface area contributed by atoms with Crippen LogP contribution in [0.2, 0.25) is 0 Å². The summed E-state index contributed by atoms with van der Waals surface area (Å²) in [4.78, 5) is 12.3. The number of aromatic nitrogens is 1. The van der Waals surface area contributed by atoms with Crippen molar-refractivity contribution >= 4 is 22.8 Å². The summed E-state index contributed by atoms with van der Waals surface area (Å²) in [5.74, 6) is 0.168. The highest BCUT2D eigenvalue weighted by atomic mass is 79.9. The number of benzene rings is 1. The van der Waals surface area contributed by atoms with Gasteiger partial charge in [0.2, 0.25) is 12.3 Å². The monoisotopic (exact) mass is 320 g/mol. The van der Waals surface area contributed by atoms with Crippen molar-refractivity contribution in [3.8, 4) is 0 Å². The number of rotatable bonds is 3. The van der Waals surface area contributed by atoms with Crippen molar-refractivity contribution in [1.29, 1.82) is 0 Å². The largest absolute Gasteiger partial charge is 0.287 e. The quantitative estimate of drug-likeness (QED) is 0.627. The molecule has 1 aromatic carbocycles. The molecule has 0 atom stereocenters. The Bertz CT molecular complexity index is 556. The van der Waals surface area contributed by atoms with Crippen LogP contribution in [-0.4, -0.2) is 5.78 Å². The van der Waals surface area contributed by atoms with E-state index in [-0.39, 0.29) is 22.8 Å². The van der Waals surface area contributed by atoms with Crippen LogP contribution >= 0.6 is 17.0 Å². The molecule has 1 aromatic heterocycles. The van der Waals surface area contributed by atoms with E-state index in [0.717, 1.165) is 16.7 Å². The van der Waals surface area contributed by atoms with Crippen LogP contribution in [0.25, 0.3) is 0 Å². The summed E-state index contributed by atoms with van der Waals surface area (Å²) in [6.45, 7) is 6.46. The Hall–Kier alpha value is -1.48. The van der Waals surface area contributed by atoms with Gasteiger partial charge < -0.3 is 0 Å². The van der Waals surface area contributed by atoms with Crippen LogP contribution in [0.3, 0.4) is 0 Å². The molecule has 0 amide bonds. The van der Waals surface area contributed by atoms with Gasteiger partial charge in [0.15, 0.2) is 12.4 Å². The number of hydrogen-bond donors (Lipinski definition) is 0. The molecule has 3 heteroatoms. The normalized spacial score (nSPS) is 9.84. The summed E-state index contributed by atoms with van der Waals surface area (Å²) in [7, 11) is 0. The number of aryl methyl sites for hydroxylation is 3. The average molecular weight is 321 g/mol. The molecule has 0 bridgehead atoms. The zero-order valence-electron chi connectivity index (χ0n) is 11.5. The van der Waals surface area contributed by atoms with Crippen LogP contribution < -0.4 is 4.57 Å². The van der Waals surface area contributed by atoms with E-state index in [1.54, 1.807) is 0 Å². The first kappa shape index (κ1) is 15.6. The summed E-state index contributed by atoms with van der Waals surface area (Å²) in [6, 6.07) is 9.94. The highest BCUT2D eigenvalue weighted by molar-refractivity contribution is 8.93. The molecule has 0 spiro atoms. The number of hydrogen-bond acceptors (Lipinski definition) is 1. The van der Waals surface area contributed by atoms with Gasteiger partial charge in [-0.15, -0.1) is 17.0 Å². The number of pyridine rings is 1. The molecule has 100 valence electrons. The van der Waals surface area contributed by atoms with E-state index in [1.807, 2.05) is 49.0 Å². The number of ketones is 1. The fourth-order valence-corrected chi connectivity index (χ4v) is 2.40. The molecular weight excluding hydrogens is 302 g/mol. The maximum absolute atomic E-state index is 12.3. The van der Waals surface area contributed by atoms with Gasteiger partial charge in [0.25, 0.3) is 0 Å². The maximum atomic E-state index is 12.3. The Kier molecular flexibility index (Phi) is 5.43. The Balaban J connectivity index is 0.00000180. The van der Waals surface area contributed by atoms with Crippen LogP contribution in [-0.2, 0) is 6.54 Å². The number of carbonyl (C=O) groups is 1. The van der Waals surface area contributed by atoms with Crippen LogP contribution in [0, 0.1) is 20.8 Å². The molecule has 0 fully saturated rings. The van der Waals surface area contributed by atoms with Crippen molar-refractivity contribution in [1.82, 2.24) is 0 Å². The Morgan fingerprint density at radius 1 is 1.00 bits per heavy atom. The van der Waals surface area contributed by atoms with Crippen molar-refractivity contribution < 1.29 is 9.36 Å². The minimum absolute atomic E-state index is 0. The first-order valence-electron chi connectivity index (χ1n) is 6.13. The van der Waals surface area contributed by atoms with E-state index in [1.165, 1.54) is 5.56 Å². The lowest BCUT2D eigenvalue weighted by Crippen LogP contribution is -2.37. The van der Waals surface area contributed by atoms with Crippen LogP contribution in [0.4, 0.5) is 0 Å². The Morgan fingerprint density at radius 3 is 2.05 bits per heavy atom. The Labute approximate surface area is 124 Å². The molecular formula is C16H19BrNO+. The summed E-state index contributed by atoms with van der Waals surface area (Å²) in [5.41, 5.74) is 4.19. The van der Waals surface area contributed by atoms with E-state index >= 15 is 0 Å². The van der Waals surface area contributed by atoms with Crippen LogP contribution in [0.15, 0.2) is 42.7 Å². The molecule has 2 nitrogen and oxygen atoms in total. The van der Waals surface area contributed by atoms with E-state index in [4.69, 9.17) is 0 Å². The van der Waals surface area contributed by atoms with Crippen molar-refractivity contribution in [2.45, 2.75) is 27.3 Å². The fraction of sp³-hybridized carbons (Fsp3) is 0.250. The van der Waals surface area contributed by atoms with Gasteiger partial charge in [0, 0.05) is 17.7 Å². The van der Waals surface area contributed by atoms with E-state index < -0.39 is 0 Å². The second kappa shape index (κ2) is 6.62. The van der Waals surface area contributed by atoms with Gasteiger partial charge in [-0.05, 0) is 31.9 Å². The topological polar surface area (TPSA) is 20.9 Å². The number of Topliss-reactive ketones (excluding diaryl/α,β-unsaturated/α-hetero) is 1. The molecule has 0 aliphatic heterocycles. The third-order valence-corrected chi connectivity index (χ3v) is 3.06. The number of carbonyl (C=O) groups excluding carboxylic acids is 1. The van der Waals surface area contributed by atoms with E-state index in [2.05, 4.69) is 19.1 Å². The molecule has 2 aromatic rings. The lowest BCUT2D eigenvalue weighted by Gasteiger charge is -2.08. The lowest BCUT2D eigenvalue weighted by atomic mass is 9.96. The van der Waals surface area contributed by atoms with Gasteiger partial charge in [-0.1, -0.05) is 23.8 Å². The zero-order chi connectivity index (χ0) is 13.1. The molecule has 0 saturated carbocycles.